The van der Waals surface area contributed by atoms with Gasteiger partial charge in [-0.15, -0.1) is 0 Å². The Bertz CT molecular complexity index is 861. The van der Waals surface area contributed by atoms with E-state index in [1.807, 2.05) is 42.3 Å². The molecule has 1 aliphatic heterocycles. The van der Waals surface area contributed by atoms with E-state index in [4.69, 9.17) is 23.7 Å². The normalized spacial score (nSPS) is 12.4. The fourth-order valence-corrected chi connectivity index (χ4v) is 3.29. The van der Waals surface area contributed by atoms with Crippen molar-refractivity contribution in [3.8, 4) is 28.7 Å². The minimum Gasteiger partial charge on any atom is -0.493 e. The highest BCUT2D eigenvalue weighted by atomic mass is 16.6. The number of carbonyl (C=O) groups excluding carboxylic acids is 1. The van der Waals surface area contributed by atoms with E-state index in [0.717, 1.165) is 22.6 Å². The molecule has 2 aromatic rings. The lowest BCUT2D eigenvalue weighted by atomic mass is 10.1. The molecule has 1 amide bonds. The van der Waals surface area contributed by atoms with E-state index in [-0.39, 0.29) is 12.5 Å². The molecule has 0 unspecified atom stereocenters. The molecule has 1 aliphatic rings. The predicted octanol–water partition coefficient (Wildman–Crippen LogP) is 2.23. The van der Waals surface area contributed by atoms with E-state index < -0.39 is 0 Å². The van der Waals surface area contributed by atoms with Gasteiger partial charge in [-0.3, -0.25) is 9.69 Å². The van der Waals surface area contributed by atoms with Crippen molar-refractivity contribution in [2.45, 2.75) is 13.1 Å². The summed E-state index contributed by atoms with van der Waals surface area (Å²) in [5, 5.41) is 2.93. The zero-order valence-electron chi connectivity index (χ0n) is 17.8. The molecule has 1 N–H and O–H groups in total. The van der Waals surface area contributed by atoms with Crippen LogP contribution in [-0.2, 0) is 17.9 Å². The molecule has 0 bridgehead atoms. The number of benzene rings is 2. The van der Waals surface area contributed by atoms with E-state index in [0.29, 0.717) is 43.6 Å². The maximum absolute atomic E-state index is 12.4. The van der Waals surface area contributed by atoms with Gasteiger partial charge in [0, 0.05) is 13.1 Å². The lowest BCUT2D eigenvalue weighted by Crippen LogP contribution is -2.34. The molecule has 2 aromatic carbocycles. The van der Waals surface area contributed by atoms with Crippen LogP contribution in [0.15, 0.2) is 30.3 Å². The fraction of sp³-hybridized carbons (Fsp3) is 0.409. The van der Waals surface area contributed by atoms with Crippen LogP contribution in [0.4, 0.5) is 0 Å². The smallest absolute Gasteiger partial charge is 0.234 e. The van der Waals surface area contributed by atoms with E-state index in [1.165, 1.54) is 0 Å². The molecule has 162 valence electrons. The maximum Gasteiger partial charge on any atom is 0.234 e. The van der Waals surface area contributed by atoms with Gasteiger partial charge in [0.15, 0.2) is 23.0 Å². The second-order valence-corrected chi connectivity index (χ2v) is 6.96. The molecular weight excluding hydrogens is 388 g/mol. The van der Waals surface area contributed by atoms with Crippen molar-refractivity contribution in [3.63, 3.8) is 0 Å². The summed E-state index contributed by atoms with van der Waals surface area (Å²) >= 11 is 0. The Labute approximate surface area is 176 Å². The monoisotopic (exact) mass is 416 g/mol. The molecule has 0 radical (unpaired) electrons. The summed E-state index contributed by atoms with van der Waals surface area (Å²) in [6, 6.07) is 9.49. The molecule has 3 rings (SSSR count). The molecule has 0 aromatic heterocycles. The standard InChI is InChI=1S/C22H28N2O6/c1-24(13-15-5-6-17-18(9-15)30-8-7-29-17)14-21(25)23-12-16-10-19(26-2)22(28-4)20(11-16)27-3/h5-6,9-11H,7-8,12-14H2,1-4H3,(H,23,25). The first-order valence-corrected chi connectivity index (χ1v) is 9.66. The van der Waals surface area contributed by atoms with Gasteiger partial charge in [-0.05, 0) is 42.4 Å². The molecule has 0 atom stereocenters. The minimum atomic E-state index is -0.0798. The van der Waals surface area contributed by atoms with Gasteiger partial charge in [-0.25, -0.2) is 0 Å². The summed E-state index contributed by atoms with van der Waals surface area (Å²) in [6.07, 6.45) is 0. The van der Waals surface area contributed by atoms with Crippen molar-refractivity contribution in [2.75, 3.05) is 48.1 Å². The Morgan fingerprint density at radius 3 is 2.27 bits per heavy atom. The Morgan fingerprint density at radius 2 is 1.63 bits per heavy atom. The number of hydrogen-bond donors (Lipinski definition) is 1. The van der Waals surface area contributed by atoms with Crippen LogP contribution in [0.5, 0.6) is 28.7 Å². The molecule has 0 saturated carbocycles. The number of rotatable bonds is 9. The van der Waals surface area contributed by atoms with Crippen LogP contribution in [0.3, 0.4) is 0 Å². The van der Waals surface area contributed by atoms with Crippen LogP contribution in [0, 0.1) is 0 Å². The summed E-state index contributed by atoms with van der Waals surface area (Å²) in [4.78, 5) is 14.3. The quantitative estimate of drug-likeness (QED) is 0.672. The van der Waals surface area contributed by atoms with E-state index >= 15 is 0 Å². The van der Waals surface area contributed by atoms with Crippen molar-refractivity contribution in [1.29, 1.82) is 0 Å². The van der Waals surface area contributed by atoms with Gasteiger partial charge >= 0.3 is 0 Å². The zero-order chi connectivity index (χ0) is 21.5. The summed E-state index contributed by atoms with van der Waals surface area (Å²) in [5.41, 5.74) is 1.91. The van der Waals surface area contributed by atoms with Gasteiger partial charge in [-0.1, -0.05) is 6.07 Å². The number of nitrogens with zero attached hydrogens (tertiary/aromatic N) is 1. The Hall–Kier alpha value is -3.13. The van der Waals surface area contributed by atoms with Crippen LogP contribution < -0.4 is 29.0 Å². The maximum atomic E-state index is 12.4. The molecule has 30 heavy (non-hydrogen) atoms. The van der Waals surface area contributed by atoms with Crippen molar-refractivity contribution in [3.05, 3.63) is 41.5 Å². The third-order valence-corrected chi connectivity index (χ3v) is 4.69. The van der Waals surface area contributed by atoms with E-state index in [9.17, 15) is 4.79 Å². The summed E-state index contributed by atoms with van der Waals surface area (Å²) in [6.45, 7) is 2.36. The lowest BCUT2D eigenvalue weighted by Gasteiger charge is -2.21. The van der Waals surface area contributed by atoms with Crippen molar-refractivity contribution in [1.82, 2.24) is 10.2 Å². The molecule has 0 fully saturated rings. The number of carbonyl (C=O) groups is 1. The van der Waals surface area contributed by atoms with E-state index in [1.54, 1.807) is 21.3 Å². The average Bonchev–Trinajstić information content (AvgIpc) is 2.76. The average molecular weight is 416 g/mol. The van der Waals surface area contributed by atoms with Crippen LogP contribution in [0.2, 0.25) is 0 Å². The van der Waals surface area contributed by atoms with Gasteiger partial charge in [0.25, 0.3) is 0 Å². The van der Waals surface area contributed by atoms with Gasteiger partial charge in [0.2, 0.25) is 11.7 Å². The minimum absolute atomic E-state index is 0.0798. The van der Waals surface area contributed by atoms with Crippen molar-refractivity contribution in [2.24, 2.45) is 0 Å². The third kappa shape index (κ3) is 5.27. The molecule has 1 heterocycles. The second kappa shape index (κ2) is 10.1. The SMILES string of the molecule is COc1cc(CNC(=O)CN(C)Cc2ccc3c(c2)OCCO3)cc(OC)c1OC. The van der Waals surface area contributed by atoms with Gasteiger partial charge in [0.05, 0.1) is 27.9 Å². The Balaban J connectivity index is 1.54. The summed E-state index contributed by atoms with van der Waals surface area (Å²) in [5.74, 6) is 3.06. The Morgan fingerprint density at radius 1 is 0.967 bits per heavy atom. The first-order valence-electron chi connectivity index (χ1n) is 9.66. The van der Waals surface area contributed by atoms with Crippen molar-refractivity contribution >= 4 is 5.91 Å². The van der Waals surface area contributed by atoms with Crippen molar-refractivity contribution < 1.29 is 28.5 Å². The Kier molecular flexibility index (Phi) is 7.24. The lowest BCUT2D eigenvalue weighted by molar-refractivity contribution is -0.122. The van der Waals surface area contributed by atoms with Gasteiger partial charge in [-0.2, -0.15) is 0 Å². The number of amides is 1. The number of fused-ring (bicyclic) bond motifs is 1. The summed E-state index contributed by atoms with van der Waals surface area (Å²) in [7, 11) is 6.58. The van der Waals surface area contributed by atoms with Crippen LogP contribution in [0.25, 0.3) is 0 Å². The number of ether oxygens (including phenoxy) is 5. The second-order valence-electron chi connectivity index (χ2n) is 6.96. The predicted molar refractivity (Wildman–Crippen MR) is 112 cm³/mol. The molecule has 8 heteroatoms. The van der Waals surface area contributed by atoms with Gasteiger partial charge in [0.1, 0.15) is 13.2 Å². The molecule has 0 saturated heterocycles. The first-order chi connectivity index (χ1) is 14.5. The largest absolute Gasteiger partial charge is 0.493 e. The topological polar surface area (TPSA) is 78.5 Å². The highest BCUT2D eigenvalue weighted by molar-refractivity contribution is 5.78. The number of hydrogen-bond acceptors (Lipinski definition) is 7. The van der Waals surface area contributed by atoms with Crippen LogP contribution in [-0.4, -0.2) is 58.9 Å². The number of methoxy groups -OCH3 is 3. The first kappa shape index (κ1) is 21.6. The van der Waals surface area contributed by atoms with E-state index in [2.05, 4.69) is 5.32 Å². The molecular formula is C22H28N2O6. The molecule has 0 aliphatic carbocycles. The van der Waals surface area contributed by atoms with Crippen LogP contribution >= 0.6 is 0 Å². The fourth-order valence-electron chi connectivity index (χ4n) is 3.29. The third-order valence-electron chi connectivity index (χ3n) is 4.69. The van der Waals surface area contributed by atoms with Crippen LogP contribution in [0.1, 0.15) is 11.1 Å². The number of nitrogens with one attached hydrogen (secondary N) is 1. The summed E-state index contributed by atoms with van der Waals surface area (Å²) < 4.78 is 27.2. The van der Waals surface area contributed by atoms with Gasteiger partial charge < -0.3 is 29.0 Å². The molecule has 8 nitrogen and oxygen atoms in total. The zero-order valence-corrected chi connectivity index (χ0v) is 17.8. The highest BCUT2D eigenvalue weighted by Gasteiger charge is 2.15. The highest BCUT2D eigenvalue weighted by Crippen LogP contribution is 2.38. The molecule has 0 spiro atoms. The number of likely N-dealkylation sites (N-methyl/N-ethyl adjacent to an activating group) is 1.